The van der Waals surface area contributed by atoms with Gasteiger partial charge < -0.3 is 15.1 Å². The van der Waals surface area contributed by atoms with E-state index in [1.54, 1.807) is 6.07 Å². The number of carboxylic acid groups (broad SMARTS) is 1. The van der Waals surface area contributed by atoms with Crippen molar-refractivity contribution in [2.75, 3.05) is 6.54 Å². The van der Waals surface area contributed by atoms with Crippen molar-refractivity contribution in [3.63, 3.8) is 0 Å². The molecule has 0 radical (unpaired) electrons. The molecule has 0 aromatic carbocycles. The van der Waals surface area contributed by atoms with E-state index in [9.17, 15) is 14.7 Å². The molecule has 98 valence electrons. The Kier molecular flexibility index (Phi) is 3.74. The maximum atomic E-state index is 12.2. The number of likely N-dealkylation sites (tertiary alicyclic amines) is 1. The number of carboxylic acids is 1. The van der Waals surface area contributed by atoms with Crippen molar-refractivity contribution in [2.45, 2.75) is 25.5 Å². The monoisotopic (exact) mass is 333 g/mol. The van der Waals surface area contributed by atoms with E-state index in [0.717, 1.165) is 9.35 Å². The van der Waals surface area contributed by atoms with Crippen LogP contribution in [0.4, 0.5) is 0 Å². The van der Waals surface area contributed by atoms with E-state index in [4.69, 9.17) is 5.11 Å². The quantitative estimate of drug-likeness (QED) is 0.859. The third kappa shape index (κ3) is 2.43. The first-order valence-corrected chi connectivity index (χ1v) is 6.99. The van der Waals surface area contributed by atoms with Crippen molar-refractivity contribution >= 4 is 39.1 Å². The zero-order valence-electron chi connectivity index (χ0n) is 9.59. The Bertz CT molecular complexity index is 482. The standard InChI is InChI=1S/C11H12BrNO4S/c1-5-2-8(18-9(5)12)10(15)13-4-6(14)3-7(13)11(16)17/h2,6-7,14H,3-4H2,1H3,(H,16,17)/t6-,7-/m0/s1. The zero-order chi connectivity index (χ0) is 13.4. The fourth-order valence-corrected chi connectivity index (χ4v) is 3.47. The zero-order valence-corrected chi connectivity index (χ0v) is 12.0. The van der Waals surface area contributed by atoms with E-state index >= 15 is 0 Å². The molecule has 1 aliphatic heterocycles. The van der Waals surface area contributed by atoms with Crippen molar-refractivity contribution in [2.24, 2.45) is 0 Å². The second-order valence-corrected chi connectivity index (χ2v) is 6.64. The van der Waals surface area contributed by atoms with Gasteiger partial charge in [0.05, 0.1) is 14.8 Å². The molecule has 5 nitrogen and oxygen atoms in total. The van der Waals surface area contributed by atoms with Gasteiger partial charge in [0.2, 0.25) is 0 Å². The highest BCUT2D eigenvalue weighted by atomic mass is 79.9. The fourth-order valence-electron chi connectivity index (χ4n) is 1.98. The van der Waals surface area contributed by atoms with Crippen LogP contribution in [0.2, 0.25) is 0 Å². The lowest BCUT2D eigenvalue weighted by molar-refractivity contribution is -0.141. The van der Waals surface area contributed by atoms with E-state index in [1.807, 2.05) is 6.92 Å². The maximum Gasteiger partial charge on any atom is 0.326 e. The number of carbonyl (C=O) groups excluding carboxylic acids is 1. The van der Waals surface area contributed by atoms with Crippen LogP contribution in [0.15, 0.2) is 9.85 Å². The number of hydrogen-bond donors (Lipinski definition) is 2. The molecule has 1 amide bonds. The van der Waals surface area contributed by atoms with Crippen LogP contribution >= 0.6 is 27.3 Å². The number of aliphatic carboxylic acids is 1. The van der Waals surface area contributed by atoms with Gasteiger partial charge in [0, 0.05) is 13.0 Å². The third-order valence-electron chi connectivity index (χ3n) is 2.89. The molecule has 0 aliphatic carbocycles. The third-order valence-corrected chi connectivity index (χ3v) is 5.02. The molecule has 2 N–H and O–H groups in total. The van der Waals surface area contributed by atoms with Crippen LogP contribution in [0, 0.1) is 6.92 Å². The first-order valence-electron chi connectivity index (χ1n) is 5.38. The van der Waals surface area contributed by atoms with Crippen molar-refractivity contribution < 1.29 is 19.8 Å². The first kappa shape index (κ1) is 13.5. The number of rotatable bonds is 2. The van der Waals surface area contributed by atoms with Crippen LogP contribution < -0.4 is 0 Å². The number of amides is 1. The minimum atomic E-state index is -1.08. The van der Waals surface area contributed by atoms with Gasteiger partial charge in [0.25, 0.3) is 5.91 Å². The number of halogens is 1. The molecule has 1 fully saturated rings. The molecule has 0 saturated carbocycles. The fraction of sp³-hybridized carbons (Fsp3) is 0.455. The molecule has 7 heteroatoms. The predicted octanol–water partition coefficient (Wildman–Crippen LogP) is 1.48. The normalized spacial score (nSPS) is 23.4. The Balaban J connectivity index is 2.25. The number of aliphatic hydroxyl groups excluding tert-OH is 1. The van der Waals surface area contributed by atoms with Crippen LogP contribution in [0.1, 0.15) is 21.7 Å². The highest BCUT2D eigenvalue weighted by Gasteiger charge is 2.39. The van der Waals surface area contributed by atoms with Crippen LogP contribution in [-0.4, -0.2) is 45.7 Å². The number of carbonyl (C=O) groups is 2. The summed E-state index contributed by atoms with van der Waals surface area (Å²) in [5.41, 5.74) is 0.940. The van der Waals surface area contributed by atoms with Crippen LogP contribution in [0.3, 0.4) is 0 Å². The van der Waals surface area contributed by atoms with E-state index < -0.39 is 18.1 Å². The lowest BCUT2D eigenvalue weighted by atomic mass is 10.2. The Hall–Kier alpha value is -0.920. The minimum Gasteiger partial charge on any atom is -0.480 e. The molecule has 1 saturated heterocycles. The molecular weight excluding hydrogens is 322 g/mol. The first-order chi connectivity index (χ1) is 8.40. The minimum absolute atomic E-state index is 0.0738. The van der Waals surface area contributed by atoms with Crippen LogP contribution in [0.25, 0.3) is 0 Å². The molecule has 1 aliphatic rings. The molecular formula is C11H12BrNO4S. The summed E-state index contributed by atoms with van der Waals surface area (Å²) in [5.74, 6) is -1.41. The van der Waals surface area contributed by atoms with Gasteiger partial charge in [0.1, 0.15) is 6.04 Å². The van der Waals surface area contributed by atoms with E-state index in [1.165, 1.54) is 16.2 Å². The van der Waals surface area contributed by atoms with Gasteiger partial charge in [-0.3, -0.25) is 4.79 Å². The molecule has 1 aromatic heterocycles. The van der Waals surface area contributed by atoms with E-state index in [2.05, 4.69) is 15.9 Å². The lowest BCUT2D eigenvalue weighted by Gasteiger charge is -2.20. The Labute approximate surface area is 116 Å². The van der Waals surface area contributed by atoms with Crippen LogP contribution in [-0.2, 0) is 4.79 Å². The highest BCUT2D eigenvalue weighted by Crippen LogP contribution is 2.30. The lowest BCUT2D eigenvalue weighted by Crippen LogP contribution is -2.40. The van der Waals surface area contributed by atoms with Gasteiger partial charge in [-0.05, 0) is 34.5 Å². The second kappa shape index (κ2) is 4.99. The van der Waals surface area contributed by atoms with Gasteiger partial charge in [-0.15, -0.1) is 11.3 Å². The topological polar surface area (TPSA) is 77.8 Å². The molecule has 0 unspecified atom stereocenters. The average Bonchev–Trinajstić information content (AvgIpc) is 2.82. The molecule has 0 bridgehead atoms. The van der Waals surface area contributed by atoms with Crippen molar-refractivity contribution in [3.05, 3.63) is 20.3 Å². The maximum absolute atomic E-state index is 12.2. The summed E-state index contributed by atoms with van der Waals surface area (Å²) in [6, 6.07) is 0.787. The molecule has 1 aromatic rings. The van der Waals surface area contributed by atoms with Crippen molar-refractivity contribution in [1.29, 1.82) is 0 Å². The van der Waals surface area contributed by atoms with Gasteiger partial charge in [-0.1, -0.05) is 0 Å². The van der Waals surface area contributed by atoms with Crippen LogP contribution in [0.5, 0.6) is 0 Å². The largest absolute Gasteiger partial charge is 0.480 e. The summed E-state index contributed by atoms with van der Waals surface area (Å²) < 4.78 is 0.859. The Morgan fingerprint density at radius 1 is 1.56 bits per heavy atom. The number of β-amino-alcohol motifs (C(OH)–C–C–N with tert-alkyl or cyclic N) is 1. The molecule has 18 heavy (non-hydrogen) atoms. The Morgan fingerprint density at radius 3 is 2.72 bits per heavy atom. The summed E-state index contributed by atoms with van der Waals surface area (Å²) >= 11 is 4.61. The van der Waals surface area contributed by atoms with E-state index in [0.29, 0.717) is 4.88 Å². The summed E-state index contributed by atoms with van der Waals surface area (Å²) in [4.78, 5) is 25.0. The summed E-state index contributed by atoms with van der Waals surface area (Å²) in [6.45, 7) is 1.94. The van der Waals surface area contributed by atoms with Crippen molar-refractivity contribution in [1.82, 2.24) is 4.90 Å². The van der Waals surface area contributed by atoms with Crippen molar-refractivity contribution in [3.8, 4) is 0 Å². The summed E-state index contributed by atoms with van der Waals surface area (Å²) in [5, 5.41) is 18.6. The molecule has 2 atom stereocenters. The van der Waals surface area contributed by atoms with Gasteiger partial charge in [0.15, 0.2) is 0 Å². The number of aliphatic hydroxyl groups is 1. The number of thiophene rings is 1. The predicted molar refractivity (Wildman–Crippen MR) is 69.8 cm³/mol. The Morgan fingerprint density at radius 2 is 2.22 bits per heavy atom. The summed E-state index contributed by atoms with van der Waals surface area (Å²) in [6.07, 6.45) is -0.674. The molecule has 0 spiro atoms. The van der Waals surface area contributed by atoms with E-state index in [-0.39, 0.29) is 18.9 Å². The van der Waals surface area contributed by atoms with Gasteiger partial charge >= 0.3 is 5.97 Å². The molecule has 2 heterocycles. The number of aryl methyl sites for hydroxylation is 1. The SMILES string of the molecule is Cc1cc(C(=O)N2C[C@@H](O)C[C@H]2C(=O)O)sc1Br. The smallest absolute Gasteiger partial charge is 0.326 e. The number of hydrogen-bond acceptors (Lipinski definition) is 4. The van der Waals surface area contributed by atoms with Gasteiger partial charge in [-0.25, -0.2) is 4.79 Å². The summed E-state index contributed by atoms with van der Waals surface area (Å²) in [7, 11) is 0. The van der Waals surface area contributed by atoms with Gasteiger partial charge in [-0.2, -0.15) is 0 Å². The molecule has 2 rings (SSSR count). The second-order valence-electron chi connectivity index (χ2n) is 4.27. The number of nitrogens with zero attached hydrogens (tertiary/aromatic N) is 1. The average molecular weight is 334 g/mol. The highest BCUT2D eigenvalue weighted by molar-refractivity contribution is 9.11.